The number of aliphatic hydroxyl groups excluding tert-OH is 1. The van der Waals surface area contributed by atoms with Crippen molar-refractivity contribution in [2.24, 2.45) is 11.8 Å². The first-order valence-electron chi connectivity index (χ1n) is 17.3. The maximum atomic E-state index is 14.3. The molecule has 0 radical (unpaired) electrons. The molecular formula is C35H49N5O9S2. The third-order valence-corrected chi connectivity index (χ3v) is 11.6. The topological polar surface area (TPSA) is 160 Å². The second-order valence-corrected chi connectivity index (χ2v) is 16.4. The highest BCUT2D eigenvalue weighted by Crippen LogP contribution is 2.34. The Morgan fingerprint density at radius 3 is 2.57 bits per heavy atom. The van der Waals surface area contributed by atoms with Crippen LogP contribution in [0.1, 0.15) is 32.8 Å². The Hall–Kier alpha value is -3.38. The van der Waals surface area contributed by atoms with Crippen molar-refractivity contribution in [3.8, 4) is 0 Å². The second kappa shape index (κ2) is 17.4. The summed E-state index contributed by atoms with van der Waals surface area (Å²) in [6.45, 7) is 7.23. The second-order valence-electron chi connectivity index (χ2n) is 13.5. The van der Waals surface area contributed by atoms with E-state index in [1.165, 1.54) is 26.6 Å². The summed E-state index contributed by atoms with van der Waals surface area (Å²) >= 11 is 1.20. The van der Waals surface area contributed by atoms with E-state index in [0.717, 1.165) is 12.0 Å². The summed E-state index contributed by atoms with van der Waals surface area (Å²) in [5.41, 5.74) is 1.39. The standard InChI is InChI=1S/C35H49N5O9S2/c1-6-46-35(43)40(16-15-38(4)5)33-36-27-13-12-25(19-31(27)50-33)51(44,45)39(20-23(2)3)21-29(41)28(18-24-10-8-7-9-11-24)37-34(42)49-30-22-48-32-26(30)14-17-47-32/h7-13,19,23,26,28-30,32,41H,6,14-18,20-22H2,1-5H3,(H,37,42)/t26-,28-,29+,30-,32+/m0/s1. The van der Waals surface area contributed by atoms with Gasteiger partial charge in [0.05, 0.1) is 53.0 Å². The van der Waals surface area contributed by atoms with Crippen LogP contribution in [-0.4, -0.2) is 125 Å². The quantitative estimate of drug-likeness (QED) is 0.219. The number of amides is 2. The fourth-order valence-electron chi connectivity index (χ4n) is 6.12. The minimum atomic E-state index is -4.14. The number of rotatable bonds is 16. The number of aromatic nitrogens is 1. The number of alkyl carbamates (subject to hydrolysis) is 1. The van der Waals surface area contributed by atoms with Crippen LogP contribution in [-0.2, 0) is 35.4 Å². The highest BCUT2D eigenvalue weighted by molar-refractivity contribution is 7.89. The summed E-state index contributed by atoms with van der Waals surface area (Å²) in [7, 11) is -0.340. The van der Waals surface area contributed by atoms with Crippen LogP contribution >= 0.6 is 11.3 Å². The normalized spacial score (nSPS) is 20.1. The molecule has 0 saturated carbocycles. The molecule has 51 heavy (non-hydrogen) atoms. The van der Waals surface area contributed by atoms with E-state index < -0.39 is 46.7 Å². The van der Waals surface area contributed by atoms with Crippen LogP contribution in [0.3, 0.4) is 0 Å². The average Bonchev–Trinajstić information content (AvgIpc) is 3.81. The number of hydrogen-bond donors (Lipinski definition) is 2. The number of anilines is 1. The lowest BCUT2D eigenvalue weighted by Crippen LogP contribution is -2.51. The summed E-state index contributed by atoms with van der Waals surface area (Å²) in [6.07, 6.45) is -2.45. The predicted molar refractivity (Wildman–Crippen MR) is 193 cm³/mol. The van der Waals surface area contributed by atoms with Gasteiger partial charge in [0.1, 0.15) is 6.10 Å². The molecule has 0 spiro atoms. The van der Waals surface area contributed by atoms with Crippen molar-refractivity contribution in [2.45, 2.75) is 63.0 Å². The lowest BCUT2D eigenvalue weighted by Gasteiger charge is -2.31. The van der Waals surface area contributed by atoms with Crippen molar-refractivity contribution < 1.29 is 42.1 Å². The Kier molecular flexibility index (Phi) is 13.3. The first-order valence-corrected chi connectivity index (χ1v) is 19.5. The molecule has 0 unspecified atom stereocenters. The van der Waals surface area contributed by atoms with Gasteiger partial charge in [-0.2, -0.15) is 4.31 Å². The van der Waals surface area contributed by atoms with Crippen molar-refractivity contribution in [3.63, 3.8) is 0 Å². The summed E-state index contributed by atoms with van der Waals surface area (Å²) < 4.78 is 52.5. The number of carbonyl (C=O) groups is 2. The molecule has 2 saturated heterocycles. The van der Waals surface area contributed by atoms with Crippen LogP contribution in [0.4, 0.5) is 14.7 Å². The maximum absolute atomic E-state index is 14.3. The molecule has 2 amide bonds. The van der Waals surface area contributed by atoms with Crippen LogP contribution in [0.25, 0.3) is 10.2 Å². The Bertz CT molecular complexity index is 1720. The molecule has 2 aromatic carbocycles. The maximum Gasteiger partial charge on any atom is 0.416 e. The van der Waals surface area contributed by atoms with Gasteiger partial charge in [-0.15, -0.1) is 0 Å². The Morgan fingerprint density at radius 2 is 1.86 bits per heavy atom. The largest absolute Gasteiger partial charge is 0.449 e. The molecule has 3 heterocycles. The summed E-state index contributed by atoms with van der Waals surface area (Å²) in [5.74, 6) is -0.131. The van der Waals surface area contributed by atoms with Crippen LogP contribution < -0.4 is 10.2 Å². The van der Waals surface area contributed by atoms with Gasteiger partial charge in [-0.1, -0.05) is 55.5 Å². The molecule has 5 rings (SSSR count). The van der Waals surface area contributed by atoms with Gasteiger partial charge >= 0.3 is 12.2 Å². The third-order valence-electron chi connectivity index (χ3n) is 8.75. The molecule has 1 aromatic heterocycles. The number of benzene rings is 2. The smallest absolute Gasteiger partial charge is 0.416 e. The number of hydrogen-bond acceptors (Lipinski definition) is 12. The molecule has 280 valence electrons. The first kappa shape index (κ1) is 38.8. The molecule has 0 aliphatic carbocycles. The van der Waals surface area contributed by atoms with E-state index in [1.807, 2.05) is 63.2 Å². The number of aliphatic hydroxyl groups is 1. The molecule has 2 N–H and O–H groups in total. The number of nitrogens with zero attached hydrogens (tertiary/aromatic N) is 4. The number of fused-ring (bicyclic) bond motifs is 2. The van der Waals surface area contributed by atoms with E-state index in [0.29, 0.717) is 35.0 Å². The summed E-state index contributed by atoms with van der Waals surface area (Å²) in [6, 6.07) is 13.1. The Morgan fingerprint density at radius 1 is 1.10 bits per heavy atom. The van der Waals surface area contributed by atoms with Crippen LogP contribution in [0.2, 0.25) is 0 Å². The lowest BCUT2D eigenvalue weighted by molar-refractivity contribution is -0.0907. The molecule has 5 atom stereocenters. The van der Waals surface area contributed by atoms with Crippen LogP contribution in [0, 0.1) is 11.8 Å². The fourth-order valence-corrected chi connectivity index (χ4v) is 8.86. The molecule has 16 heteroatoms. The van der Waals surface area contributed by atoms with E-state index >= 15 is 0 Å². The number of nitrogens with one attached hydrogen (secondary N) is 1. The van der Waals surface area contributed by atoms with E-state index in [-0.39, 0.29) is 49.5 Å². The number of ether oxygens (including phenoxy) is 4. The highest BCUT2D eigenvalue weighted by atomic mass is 32.2. The molecule has 2 aliphatic heterocycles. The minimum Gasteiger partial charge on any atom is -0.449 e. The number of likely N-dealkylation sites (N-methyl/N-ethyl adjacent to an activating group) is 1. The van der Waals surface area contributed by atoms with Crippen molar-refractivity contribution in [2.75, 3.05) is 65.0 Å². The van der Waals surface area contributed by atoms with Gasteiger partial charge in [0.25, 0.3) is 0 Å². The van der Waals surface area contributed by atoms with Gasteiger partial charge in [-0.3, -0.25) is 4.90 Å². The van der Waals surface area contributed by atoms with Crippen molar-refractivity contribution in [1.82, 2.24) is 19.5 Å². The van der Waals surface area contributed by atoms with Crippen LogP contribution in [0.15, 0.2) is 53.4 Å². The van der Waals surface area contributed by atoms with Gasteiger partial charge in [-0.05, 0) is 63.5 Å². The van der Waals surface area contributed by atoms with Gasteiger partial charge in [0, 0.05) is 26.2 Å². The molecule has 3 aromatic rings. The zero-order valence-electron chi connectivity index (χ0n) is 29.8. The highest BCUT2D eigenvalue weighted by Gasteiger charge is 2.44. The summed E-state index contributed by atoms with van der Waals surface area (Å²) in [5, 5.41) is 14.9. The van der Waals surface area contributed by atoms with Gasteiger partial charge in [-0.25, -0.2) is 23.0 Å². The molecule has 14 nitrogen and oxygen atoms in total. The SMILES string of the molecule is CCOC(=O)N(CCN(C)C)c1nc2ccc(S(=O)(=O)N(CC(C)C)C[C@@H](O)[C@H](Cc3ccccc3)NC(=O)O[C@H]3CO[C@H]4OCC[C@H]43)cc2s1. The zero-order chi connectivity index (χ0) is 36.7. The molecular weight excluding hydrogens is 699 g/mol. The number of thiazole rings is 1. The Labute approximate surface area is 303 Å². The number of carbonyl (C=O) groups excluding carboxylic acids is 2. The lowest BCUT2D eigenvalue weighted by atomic mass is 10.0. The van der Waals surface area contributed by atoms with Crippen molar-refractivity contribution >= 4 is 48.9 Å². The zero-order valence-corrected chi connectivity index (χ0v) is 31.4. The third kappa shape index (κ3) is 9.94. The fraction of sp³-hybridized carbons (Fsp3) is 0.571. The molecule has 0 bridgehead atoms. The predicted octanol–water partition coefficient (Wildman–Crippen LogP) is 3.93. The minimum absolute atomic E-state index is 0.0237. The van der Waals surface area contributed by atoms with Crippen molar-refractivity contribution in [1.29, 1.82) is 0 Å². The van der Waals surface area contributed by atoms with Gasteiger partial charge in [0.15, 0.2) is 11.4 Å². The first-order chi connectivity index (χ1) is 24.3. The van der Waals surface area contributed by atoms with E-state index in [9.17, 15) is 23.1 Å². The van der Waals surface area contributed by atoms with Crippen LogP contribution in [0.5, 0.6) is 0 Å². The molecule has 2 aliphatic rings. The number of sulfonamides is 1. The van der Waals surface area contributed by atoms with E-state index in [4.69, 9.17) is 18.9 Å². The van der Waals surface area contributed by atoms with Crippen molar-refractivity contribution in [3.05, 3.63) is 54.1 Å². The van der Waals surface area contributed by atoms with E-state index in [2.05, 4.69) is 10.3 Å². The monoisotopic (exact) mass is 747 g/mol. The molecule has 2 fully saturated rings. The average molecular weight is 748 g/mol. The van der Waals surface area contributed by atoms with Gasteiger partial charge in [0.2, 0.25) is 10.0 Å². The van der Waals surface area contributed by atoms with Gasteiger partial charge < -0.3 is 34.3 Å². The Balaban J connectivity index is 1.37. The summed E-state index contributed by atoms with van der Waals surface area (Å²) in [4.78, 5) is 34.0. The van der Waals surface area contributed by atoms with E-state index in [1.54, 1.807) is 19.1 Å².